The molecule has 1 aliphatic heterocycles. The molecule has 1 fully saturated rings. The fraction of sp³-hybridized carbons (Fsp3) is 0.188. The first-order chi connectivity index (χ1) is 10.3. The number of amides is 1. The van der Waals surface area contributed by atoms with Crippen molar-refractivity contribution in [3.05, 3.63) is 60.7 Å². The number of hydrogen-bond acceptors (Lipinski definition) is 4. The highest BCUT2D eigenvalue weighted by molar-refractivity contribution is 5.99. The highest BCUT2D eigenvalue weighted by Gasteiger charge is 2.38. The summed E-state index contributed by atoms with van der Waals surface area (Å²) in [6.45, 7) is 1.93. The molecule has 2 aromatic rings. The van der Waals surface area contributed by atoms with E-state index in [1.54, 1.807) is 5.01 Å². The number of carbonyl (C=O) groups is 1. The van der Waals surface area contributed by atoms with Crippen LogP contribution in [0.4, 0.5) is 11.4 Å². The maximum Gasteiger partial charge on any atom is 0.269 e. The second-order valence-corrected chi connectivity index (χ2v) is 4.92. The Balaban J connectivity index is 1.78. The summed E-state index contributed by atoms with van der Waals surface area (Å²) in [6, 6.07) is 18.3. The number of azo groups is 1. The molecular weight excluding hydrogens is 264 g/mol. The largest absolute Gasteiger partial charge is 0.270 e. The SMILES string of the molecule is CC1NN(c2ccccc2)C(=O)C1N=Nc1ccccc1. The van der Waals surface area contributed by atoms with Crippen LogP contribution in [0.15, 0.2) is 70.9 Å². The highest BCUT2D eigenvalue weighted by Crippen LogP contribution is 2.22. The van der Waals surface area contributed by atoms with E-state index in [9.17, 15) is 4.79 Å². The second-order valence-electron chi connectivity index (χ2n) is 4.92. The maximum absolute atomic E-state index is 12.4. The lowest BCUT2D eigenvalue weighted by Crippen LogP contribution is -2.36. The van der Waals surface area contributed by atoms with Crippen molar-refractivity contribution >= 4 is 17.3 Å². The summed E-state index contributed by atoms with van der Waals surface area (Å²) in [7, 11) is 0. The fourth-order valence-corrected chi connectivity index (χ4v) is 2.24. The van der Waals surface area contributed by atoms with Crippen molar-refractivity contribution in [2.75, 3.05) is 5.01 Å². The second kappa shape index (κ2) is 5.85. The summed E-state index contributed by atoms with van der Waals surface area (Å²) in [6.07, 6.45) is 0. The average Bonchev–Trinajstić information content (AvgIpc) is 2.82. The number of nitrogens with zero attached hydrogens (tertiary/aromatic N) is 3. The number of para-hydroxylation sites is 1. The van der Waals surface area contributed by atoms with Crippen molar-refractivity contribution in [2.45, 2.75) is 19.0 Å². The average molecular weight is 280 g/mol. The summed E-state index contributed by atoms with van der Waals surface area (Å²) in [5, 5.41) is 9.90. The van der Waals surface area contributed by atoms with Crippen LogP contribution in [0.1, 0.15) is 6.92 Å². The minimum absolute atomic E-state index is 0.0895. The van der Waals surface area contributed by atoms with Crippen molar-refractivity contribution in [2.24, 2.45) is 10.2 Å². The molecule has 2 aromatic carbocycles. The third-order valence-electron chi connectivity index (χ3n) is 3.35. The van der Waals surface area contributed by atoms with Crippen molar-refractivity contribution in [3.8, 4) is 0 Å². The van der Waals surface area contributed by atoms with E-state index >= 15 is 0 Å². The molecule has 0 radical (unpaired) electrons. The molecule has 1 aliphatic rings. The normalized spacial score (nSPS) is 22.1. The predicted octanol–water partition coefficient (Wildman–Crippen LogP) is 3.08. The zero-order chi connectivity index (χ0) is 14.7. The molecule has 2 atom stereocenters. The summed E-state index contributed by atoms with van der Waals surface area (Å²) >= 11 is 0. The highest BCUT2D eigenvalue weighted by atomic mass is 16.2. The van der Waals surface area contributed by atoms with Gasteiger partial charge in [0, 0.05) is 0 Å². The lowest BCUT2D eigenvalue weighted by Gasteiger charge is -2.15. The first-order valence-electron chi connectivity index (χ1n) is 6.87. The Labute approximate surface area is 123 Å². The standard InChI is InChI=1S/C16H16N4O/c1-12-15(18-17-13-8-4-2-5-9-13)16(21)20(19-12)14-10-6-3-7-11-14/h2-12,15,19H,1H3. The van der Waals surface area contributed by atoms with Crippen molar-refractivity contribution in [1.82, 2.24) is 5.43 Å². The van der Waals surface area contributed by atoms with Gasteiger partial charge in [-0.3, -0.25) is 4.79 Å². The van der Waals surface area contributed by atoms with E-state index in [4.69, 9.17) is 0 Å². The van der Waals surface area contributed by atoms with Crippen molar-refractivity contribution in [3.63, 3.8) is 0 Å². The summed E-state index contributed by atoms with van der Waals surface area (Å²) in [5.74, 6) is -0.0895. The van der Waals surface area contributed by atoms with Gasteiger partial charge in [-0.2, -0.15) is 10.2 Å². The number of rotatable bonds is 3. The first-order valence-corrected chi connectivity index (χ1v) is 6.87. The molecule has 0 aliphatic carbocycles. The van der Waals surface area contributed by atoms with E-state index in [1.807, 2.05) is 67.6 Å². The van der Waals surface area contributed by atoms with E-state index in [0.717, 1.165) is 11.4 Å². The molecule has 1 N–H and O–H groups in total. The molecule has 3 rings (SSSR count). The number of anilines is 1. The molecule has 5 heteroatoms. The third-order valence-corrected chi connectivity index (χ3v) is 3.35. The molecule has 2 unspecified atom stereocenters. The Morgan fingerprint density at radius 3 is 2.29 bits per heavy atom. The maximum atomic E-state index is 12.4. The fourth-order valence-electron chi connectivity index (χ4n) is 2.24. The molecule has 0 aromatic heterocycles. The number of hydrazine groups is 1. The van der Waals surface area contributed by atoms with Gasteiger partial charge < -0.3 is 0 Å². The van der Waals surface area contributed by atoms with Crippen LogP contribution in [-0.4, -0.2) is 18.0 Å². The summed E-state index contributed by atoms with van der Waals surface area (Å²) in [4.78, 5) is 12.4. The van der Waals surface area contributed by atoms with E-state index in [2.05, 4.69) is 15.7 Å². The minimum atomic E-state index is -0.509. The molecule has 21 heavy (non-hydrogen) atoms. The Morgan fingerprint density at radius 2 is 1.62 bits per heavy atom. The Hall–Kier alpha value is -2.53. The topological polar surface area (TPSA) is 57.1 Å². The lowest BCUT2D eigenvalue weighted by molar-refractivity contribution is -0.118. The summed E-state index contributed by atoms with van der Waals surface area (Å²) < 4.78 is 0. The van der Waals surface area contributed by atoms with Gasteiger partial charge in [0.05, 0.1) is 17.4 Å². The van der Waals surface area contributed by atoms with Crippen LogP contribution >= 0.6 is 0 Å². The zero-order valence-electron chi connectivity index (χ0n) is 11.7. The van der Waals surface area contributed by atoms with Crippen LogP contribution in [0.2, 0.25) is 0 Å². The monoisotopic (exact) mass is 280 g/mol. The van der Waals surface area contributed by atoms with Gasteiger partial charge in [-0.1, -0.05) is 36.4 Å². The number of hydrogen-bond donors (Lipinski definition) is 1. The van der Waals surface area contributed by atoms with Crippen molar-refractivity contribution < 1.29 is 4.79 Å². The van der Waals surface area contributed by atoms with Gasteiger partial charge in [0.25, 0.3) is 5.91 Å². The smallest absolute Gasteiger partial charge is 0.269 e. The predicted molar refractivity (Wildman–Crippen MR) is 81.3 cm³/mol. The Bertz CT molecular complexity index is 642. The van der Waals surface area contributed by atoms with Gasteiger partial charge in [-0.05, 0) is 31.2 Å². The molecule has 106 valence electrons. The van der Waals surface area contributed by atoms with E-state index in [0.29, 0.717) is 0 Å². The van der Waals surface area contributed by atoms with Gasteiger partial charge in [-0.15, -0.1) is 0 Å². The van der Waals surface area contributed by atoms with Gasteiger partial charge in [0.2, 0.25) is 0 Å². The number of carbonyl (C=O) groups excluding carboxylic acids is 1. The van der Waals surface area contributed by atoms with Crippen LogP contribution in [0.5, 0.6) is 0 Å². The quantitative estimate of drug-likeness (QED) is 0.878. The van der Waals surface area contributed by atoms with E-state index < -0.39 is 6.04 Å². The van der Waals surface area contributed by atoms with Crippen molar-refractivity contribution in [1.29, 1.82) is 0 Å². The van der Waals surface area contributed by atoms with Crippen LogP contribution in [-0.2, 0) is 4.79 Å². The molecule has 1 heterocycles. The van der Waals surface area contributed by atoms with Gasteiger partial charge in [0.15, 0.2) is 6.04 Å². The Morgan fingerprint density at radius 1 is 1.00 bits per heavy atom. The number of benzene rings is 2. The van der Waals surface area contributed by atoms with E-state index in [1.165, 1.54) is 0 Å². The molecule has 5 nitrogen and oxygen atoms in total. The Kier molecular flexibility index (Phi) is 3.75. The summed E-state index contributed by atoms with van der Waals surface area (Å²) in [5.41, 5.74) is 4.69. The molecule has 0 spiro atoms. The van der Waals surface area contributed by atoms with Gasteiger partial charge >= 0.3 is 0 Å². The lowest BCUT2D eigenvalue weighted by atomic mass is 10.2. The van der Waals surface area contributed by atoms with Gasteiger partial charge in [0.1, 0.15) is 0 Å². The first kappa shape index (κ1) is 13.5. The molecule has 0 bridgehead atoms. The molecule has 0 saturated carbocycles. The zero-order valence-corrected chi connectivity index (χ0v) is 11.7. The van der Waals surface area contributed by atoms with E-state index in [-0.39, 0.29) is 11.9 Å². The van der Waals surface area contributed by atoms with Crippen LogP contribution in [0.25, 0.3) is 0 Å². The van der Waals surface area contributed by atoms with Crippen LogP contribution in [0, 0.1) is 0 Å². The minimum Gasteiger partial charge on any atom is -0.270 e. The van der Waals surface area contributed by atoms with Crippen LogP contribution < -0.4 is 10.4 Å². The third kappa shape index (κ3) is 2.83. The number of nitrogens with one attached hydrogen (secondary N) is 1. The van der Waals surface area contributed by atoms with Gasteiger partial charge in [-0.25, -0.2) is 10.4 Å². The van der Waals surface area contributed by atoms with Crippen LogP contribution in [0.3, 0.4) is 0 Å². The molecule has 1 amide bonds. The molecule has 1 saturated heterocycles. The molecular formula is C16H16N4O.